The van der Waals surface area contributed by atoms with Crippen LogP contribution in [0.4, 0.5) is 0 Å². The highest BCUT2D eigenvalue weighted by Crippen LogP contribution is 2.32. The van der Waals surface area contributed by atoms with Gasteiger partial charge in [-0.25, -0.2) is 0 Å². The third-order valence-corrected chi connectivity index (χ3v) is 5.73. The van der Waals surface area contributed by atoms with Gasteiger partial charge >= 0.3 is 0 Å². The summed E-state index contributed by atoms with van der Waals surface area (Å²) in [5, 5.41) is 9.99. The zero-order valence-electron chi connectivity index (χ0n) is 19.4. The second-order valence-electron chi connectivity index (χ2n) is 8.65. The van der Waals surface area contributed by atoms with E-state index in [-0.39, 0.29) is 11.6 Å². The molecule has 34 heavy (non-hydrogen) atoms. The average molecular weight is 451 g/mol. The summed E-state index contributed by atoms with van der Waals surface area (Å²) >= 11 is 0. The van der Waals surface area contributed by atoms with Crippen molar-refractivity contribution in [2.24, 2.45) is 0 Å². The van der Waals surface area contributed by atoms with Gasteiger partial charge in [-0.2, -0.15) is 0 Å². The summed E-state index contributed by atoms with van der Waals surface area (Å²) in [6, 6.07) is 29.9. The molecule has 4 aromatic rings. The first-order valence-electron chi connectivity index (χ1n) is 11.0. The zero-order valence-corrected chi connectivity index (χ0v) is 19.4. The minimum absolute atomic E-state index is 0.0858. The largest absolute Gasteiger partial charge is 0.496 e. The van der Waals surface area contributed by atoms with E-state index in [9.17, 15) is 14.7 Å². The SMILES string of the molecule is COc1ccc(C(=O)c2ccc(-c3ccccc3)cc2)cc1-c1ccc(C(=O)C(C)(C)O)cc1. The maximum absolute atomic E-state index is 13.2. The number of Topliss-reactive ketones (excluding diaryl/α,β-unsaturated/α-hetero) is 1. The van der Waals surface area contributed by atoms with Crippen LogP contribution in [0.25, 0.3) is 22.3 Å². The number of aliphatic hydroxyl groups is 1. The van der Waals surface area contributed by atoms with Crippen LogP contribution in [0, 0.1) is 0 Å². The predicted molar refractivity (Wildman–Crippen MR) is 134 cm³/mol. The van der Waals surface area contributed by atoms with Gasteiger partial charge in [-0.1, -0.05) is 78.9 Å². The molecule has 4 aromatic carbocycles. The van der Waals surface area contributed by atoms with Crippen LogP contribution in [-0.2, 0) is 0 Å². The van der Waals surface area contributed by atoms with Crippen LogP contribution >= 0.6 is 0 Å². The van der Waals surface area contributed by atoms with Gasteiger partial charge < -0.3 is 9.84 Å². The van der Waals surface area contributed by atoms with Gasteiger partial charge in [0, 0.05) is 22.3 Å². The van der Waals surface area contributed by atoms with Gasteiger partial charge in [-0.05, 0) is 48.7 Å². The fourth-order valence-corrected chi connectivity index (χ4v) is 3.84. The van der Waals surface area contributed by atoms with E-state index in [1.807, 2.05) is 54.6 Å². The first-order valence-corrected chi connectivity index (χ1v) is 11.0. The molecule has 0 aliphatic heterocycles. The summed E-state index contributed by atoms with van der Waals surface area (Å²) in [7, 11) is 1.58. The molecule has 0 amide bonds. The maximum atomic E-state index is 13.2. The van der Waals surface area contributed by atoms with Crippen LogP contribution in [0.5, 0.6) is 5.75 Å². The number of hydrogen-bond acceptors (Lipinski definition) is 4. The van der Waals surface area contributed by atoms with Gasteiger partial charge in [-0.3, -0.25) is 9.59 Å². The molecule has 0 aliphatic carbocycles. The molecule has 4 heteroatoms. The standard InChI is InChI=1S/C30H26O4/c1-30(2,33)29(32)24-15-11-22(12-16-24)26-19-25(17-18-27(26)34-3)28(31)23-13-9-21(10-14-23)20-7-5-4-6-8-20/h4-19,33H,1-3H3. The average Bonchev–Trinajstić information content (AvgIpc) is 2.87. The smallest absolute Gasteiger partial charge is 0.193 e. The maximum Gasteiger partial charge on any atom is 0.193 e. The lowest BCUT2D eigenvalue weighted by Gasteiger charge is -2.16. The van der Waals surface area contributed by atoms with Crippen molar-refractivity contribution in [3.05, 3.63) is 114 Å². The van der Waals surface area contributed by atoms with Gasteiger partial charge in [0.25, 0.3) is 0 Å². The van der Waals surface area contributed by atoms with Crippen molar-refractivity contribution in [3.8, 4) is 28.0 Å². The van der Waals surface area contributed by atoms with Crippen molar-refractivity contribution >= 4 is 11.6 Å². The van der Waals surface area contributed by atoms with E-state index < -0.39 is 5.60 Å². The quantitative estimate of drug-likeness (QED) is 0.340. The summed E-state index contributed by atoms with van der Waals surface area (Å²) in [4.78, 5) is 25.6. The summed E-state index contributed by atoms with van der Waals surface area (Å²) in [6.07, 6.45) is 0. The number of carbonyl (C=O) groups excluding carboxylic acids is 2. The van der Waals surface area contributed by atoms with E-state index in [4.69, 9.17) is 4.74 Å². The molecule has 0 saturated carbocycles. The molecule has 4 nitrogen and oxygen atoms in total. The van der Waals surface area contributed by atoms with Crippen LogP contribution in [0.1, 0.15) is 40.1 Å². The molecular weight excluding hydrogens is 424 g/mol. The van der Waals surface area contributed by atoms with Crippen molar-refractivity contribution in [1.29, 1.82) is 0 Å². The van der Waals surface area contributed by atoms with Gasteiger partial charge in [0.2, 0.25) is 0 Å². The lowest BCUT2D eigenvalue weighted by molar-refractivity contribution is 0.0488. The third-order valence-electron chi connectivity index (χ3n) is 5.73. The van der Waals surface area contributed by atoms with Crippen molar-refractivity contribution in [2.75, 3.05) is 7.11 Å². The number of methoxy groups -OCH3 is 1. The van der Waals surface area contributed by atoms with Crippen molar-refractivity contribution in [2.45, 2.75) is 19.4 Å². The van der Waals surface area contributed by atoms with Gasteiger partial charge in [-0.15, -0.1) is 0 Å². The molecule has 0 radical (unpaired) electrons. The van der Waals surface area contributed by atoms with E-state index in [2.05, 4.69) is 0 Å². The molecule has 0 bridgehead atoms. The highest BCUT2D eigenvalue weighted by molar-refractivity contribution is 6.10. The number of benzene rings is 4. The Kier molecular flexibility index (Phi) is 6.44. The van der Waals surface area contributed by atoms with Gasteiger partial charge in [0.1, 0.15) is 11.4 Å². The minimum Gasteiger partial charge on any atom is -0.496 e. The van der Waals surface area contributed by atoms with E-state index in [1.165, 1.54) is 13.8 Å². The number of carbonyl (C=O) groups is 2. The summed E-state index contributed by atoms with van der Waals surface area (Å²) in [5.41, 5.74) is 3.81. The number of ketones is 2. The Morgan fingerprint density at radius 1 is 0.676 bits per heavy atom. The van der Waals surface area contributed by atoms with E-state index in [0.717, 1.165) is 22.3 Å². The molecule has 0 aliphatic rings. The van der Waals surface area contributed by atoms with Crippen LogP contribution in [0.15, 0.2) is 97.1 Å². The normalized spacial score (nSPS) is 11.2. The number of rotatable bonds is 7. The zero-order chi connectivity index (χ0) is 24.3. The Bertz CT molecular complexity index is 1310. The first-order chi connectivity index (χ1) is 16.3. The molecule has 4 rings (SSSR count). The molecule has 0 atom stereocenters. The van der Waals surface area contributed by atoms with E-state index in [1.54, 1.807) is 49.6 Å². The summed E-state index contributed by atoms with van der Waals surface area (Å²) in [5.74, 6) is 0.184. The fourth-order valence-electron chi connectivity index (χ4n) is 3.84. The fraction of sp³-hybridized carbons (Fsp3) is 0.133. The van der Waals surface area contributed by atoms with Crippen molar-refractivity contribution in [3.63, 3.8) is 0 Å². The van der Waals surface area contributed by atoms with E-state index >= 15 is 0 Å². The van der Waals surface area contributed by atoms with Crippen LogP contribution in [0.3, 0.4) is 0 Å². The monoisotopic (exact) mass is 450 g/mol. The number of ether oxygens (including phenoxy) is 1. The summed E-state index contributed by atoms with van der Waals surface area (Å²) < 4.78 is 5.52. The third kappa shape index (κ3) is 4.82. The molecule has 1 N–H and O–H groups in total. The van der Waals surface area contributed by atoms with Crippen LogP contribution < -0.4 is 4.74 Å². The Hall–Kier alpha value is -4.02. The van der Waals surface area contributed by atoms with Gasteiger partial charge in [0.15, 0.2) is 11.6 Å². The second-order valence-corrected chi connectivity index (χ2v) is 8.65. The van der Waals surface area contributed by atoms with Crippen molar-refractivity contribution < 1.29 is 19.4 Å². The van der Waals surface area contributed by atoms with Crippen molar-refractivity contribution in [1.82, 2.24) is 0 Å². The Morgan fingerprint density at radius 2 is 1.21 bits per heavy atom. The molecule has 0 unspecified atom stereocenters. The lowest BCUT2D eigenvalue weighted by atomic mass is 9.93. The highest BCUT2D eigenvalue weighted by atomic mass is 16.5. The molecule has 0 spiro atoms. The molecule has 0 heterocycles. The van der Waals surface area contributed by atoms with Crippen LogP contribution in [0.2, 0.25) is 0 Å². The van der Waals surface area contributed by atoms with E-state index in [0.29, 0.717) is 22.4 Å². The Morgan fingerprint density at radius 3 is 1.79 bits per heavy atom. The molecule has 170 valence electrons. The minimum atomic E-state index is -1.44. The first kappa shape index (κ1) is 23.1. The van der Waals surface area contributed by atoms with Gasteiger partial charge in [0.05, 0.1) is 7.11 Å². The topological polar surface area (TPSA) is 63.6 Å². The van der Waals surface area contributed by atoms with Crippen LogP contribution in [-0.4, -0.2) is 29.4 Å². The molecular formula is C30H26O4. The predicted octanol–water partition coefficient (Wildman–Crippen LogP) is 6.21. The highest BCUT2D eigenvalue weighted by Gasteiger charge is 2.25. The molecule has 0 fully saturated rings. The number of hydrogen-bond donors (Lipinski definition) is 1. The lowest BCUT2D eigenvalue weighted by Crippen LogP contribution is -2.30. The Balaban J connectivity index is 1.64. The molecule has 0 saturated heterocycles. The summed E-state index contributed by atoms with van der Waals surface area (Å²) in [6.45, 7) is 2.93. The molecule has 0 aromatic heterocycles. The Labute approximate surface area is 199 Å². The second kappa shape index (κ2) is 9.46.